The summed E-state index contributed by atoms with van der Waals surface area (Å²) in [6.07, 6.45) is 0.0208. The summed E-state index contributed by atoms with van der Waals surface area (Å²) >= 11 is 0. The second-order valence-corrected chi connectivity index (χ2v) is 7.10. The minimum absolute atomic E-state index is 0.0587. The van der Waals surface area contributed by atoms with Gasteiger partial charge in [0.25, 0.3) is 0 Å². The van der Waals surface area contributed by atoms with Crippen molar-refractivity contribution in [1.82, 2.24) is 0 Å². The maximum Gasteiger partial charge on any atom is 0.194 e. The van der Waals surface area contributed by atoms with E-state index in [2.05, 4.69) is 0 Å². The van der Waals surface area contributed by atoms with Gasteiger partial charge in [-0.3, -0.25) is 0 Å². The van der Waals surface area contributed by atoms with Crippen molar-refractivity contribution in [2.24, 2.45) is 0 Å². The Kier molecular flexibility index (Phi) is 6.38. The highest BCUT2D eigenvalue weighted by Gasteiger charge is 2.20. The molecule has 1 heterocycles. The van der Waals surface area contributed by atoms with Gasteiger partial charge in [-0.2, -0.15) is 0 Å². The third-order valence-electron chi connectivity index (χ3n) is 4.83. The van der Waals surface area contributed by atoms with Crippen molar-refractivity contribution in [3.63, 3.8) is 0 Å². The van der Waals surface area contributed by atoms with Crippen molar-refractivity contribution in [3.05, 3.63) is 88.5 Å². The molecule has 0 unspecified atom stereocenters. The van der Waals surface area contributed by atoms with E-state index in [1.165, 1.54) is 18.2 Å². The van der Waals surface area contributed by atoms with Gasteiger partial charge in [-0.25, -0.2) is 26.3 Å². The molecule has 168 valence electrons. The van der Waals surface area contributed by atoms with Gasteiger partial charge >= 0.3 is 0 Å². The number of rotatable bonds is 5. The van der Waals surface area contributed by atoms with E-state index in [0.717, 1.165) is 18.6 Å². The predicted octanol–water partition coefficient (Wildman–Crippen LogP) is 6.20. The topological polar surface area (TPSA) is 27.7 Å². The Labute approximate surface area is 179 Å². The average molecular weight is 454 g/mol. The van der Waals surface area contributed by atoms with Gasteiger partial charge in [0.2, 0.25) is 0 Å². The van der Waals surface area contributed by atoms with Crippen molar-refractivity contribution in [3.8, 4) is 16.9 Å². The fourth-order valence-corrected chi connectivity index (χ4v) is 3.29. The lowest BCUT2D eigenvalue weighted by Crippen LogP contribution is -2.17. The lowest BCUT2D eigenvalue weighted by molar-refractivity contribution is -0.183. The molecule has 3 aromatic carbocycles. The summed E-state index contributed by atoms with van der Waals surface area (Å²) in [5.41, 5.74) is 0.126. The Morgan fingerprint density at radius 1 is 0.750 bits per heavy atom. The number of ether oxygens (including phenoxy) is 3. The van der Waals surface area contributed by atoms with Gasteiger partial charge in [-0.05, 0) is 47.9 Å². The van der Waals surface area contributed by atoms with Crippen LogP contribution in [-0.4, -0.2) is 13.2 Å². The molecule has 3 aromatic rings. The molecule has 4 rings (SSSR count). The molecule has 1 aliphatic heterocycles. The van der Waals surface area contributed by atoms with E-state index in [1.807, 2.05) is 0 Å². The van der Waals surface area contributed by atoms with E-state index < -0.39 is 53.5 Å². The van der Waals surface area contributed by atoms with Crippen LogP contribution in [0.15, 0.2) is 42.5 Å². The molecule has 32 heavy (non-hydrogen) atoms. The van der Waals surface area contributed by atoms with Crippen LogP contribution in [0, 0.1) is 34.9 Å². The highest BCUT2D eigenvalue weighted by atomic mass is 19.2. The highest BCUT2D eigenvalue weighted by molar-refractivity contribution is 5.66. The molecule has 0 atom stereocenters. The number of hydrogen-bond acceptors (Lipinski definition) is 3. The van der Waals surface area contributed by atoms with E-state index >= 15 is 0 Å². The zero-order valence-corrected chi connectivity index (χ0v) is 16.4. The zero-order chi connectivity index (χ0) is 22.8. The van der Waals surface area contributed by atoms with Gasteiger partial charge in [0, 0.05) is 11.1 Å². The van der Waals surface area contributed by atoms with Gasteiger partial charge in [0.1, 0.15) is 12.4 Å². The largest absolute Gasteiger partial charge is 0.483 e. The van der Waals surface area contributed by atoms with Crippen LogP contribution in [-0.2, 0) is 16.1 Å². The molecule has 1 aliphatic rings. The summed E-state index contributed by atoms with van der Waals surface area (Å²) in [6, 6.07) is 7.10. The monoisotopic (exact) mass is 454 g/mol. The van der Waals surface area contributed by atoms with Crippen LogP contribution in [0.1, 0.15) is 23.8 Å². The van der Waals surface area contributed by atoms with Crippen molar-refractivity contribution < 1.29 is 40.6 Å². The Morgan fingerprint density at radius 2 is 1.38 bits per heavy atom. The Hall–Kier alpha value is -3.04. The molecule has 1 fully saturated rings. The van der Waals surface area contributed by atoms with Gasteiger partial charge in [0.15, 0.2) is 41.1 Å². The summed E-state index contributed by atoms with van der Waals surface area (Å²) in [5.74, 6) is -8.42. The van der Waals surface area contributed by atoms with Crippen LogP contribution in [0.25, 0.3) is 11.1 Å². The van der Waals surface area contributed by atoms with Crippen LogP contribution in [0.4, 0.5) is 26.3 Å². The molecule has 1 saturated heterocycles. The summed E-state index contributed by atoms with van der Waals surface area (Å²) in [7, 11) is 0. The van der Waals surface area contributed by atoms with Crippen molar-refractivity contribution in [2.75, 3.05) is 13.2 Å². The molecule has 0 saturated carbocycles. The molecule has 0 N–H and O–H groups in total. The molecule has 9 heteroatoms. The molecule has 0 aromatic heterocycles. The number of benzene rings is 3. The Balaban J connectivity index is 1.55. The van der Waals surface area contributed by atoms with Crippen molar-refractivity contribution >= 4 is 0 Å². The van der Waals surface area contributed by atoms with Gasteiger partial charge in [-0.15, -0.1) is 0 Å². The third-order valence-corrected chi connectivity index (χ3v) is 4.83. The fourth-order valence-electron chi connectivity index (χ4n) is 3.29. The van der Waals surface area contributed by atoms with Crippen LogP contribution in [0.5, 0.6) is 5.75 Å². The third kappa shape index (κ3) is 4.58. The molecule has 3 nitrogen and oxygen atoms in total. The van der Waals surface area contributed by atoms with Gasteiger partial charge < -0.3 is 14.2 Å². The van der Waals surface area contributed by atoms with E-state index in [0.29, 0.717) is 30.9 Å². The fraction of sp³-hybridized carbons (Fsp3) is 0.217. The molecular formula is C23H16F6O3. The molecule has 0 radical (unpaired) electrons. The quantitative estimate of drug-likeness (QED) is 0.339. The standard InChI is InChI=1S/C23H16F6O3/c24-16-8-13(23-30-4-1-5-31-23)2-3-15(16)14-9-19(27)22(20(28)10-14)32-11-12-6-17(25)21(29)18(26)7-12/h2-3,6-10,23H,1,4-5,11H2. The summed E-state index contributed by atoms with van der Waals surface area (Å²) in [6.45, 7) is 0.331. The number of hydrogen-bond donors (Lipinski definition) is 0. The first kappa shape index (κ1) is 22.2. The first-order chi connectivity index (χ1) is 15.3. The van der Waals surface area contributed by atoms with Crippen LogP contribution in [0.3, 0.4) is 0 Å². The first-order valence-corrected chi connectivity index (χ1v) is 9.62. The van der Waals surface area contributed by atoms with E-state index in [4.69, 9.17) is 14.2 Å². The highest BCUT2D eigenvalue weighted by Crippen LogP contribution is 2.33. The van der Waals surface area contributed by atoms with E-state index in [1.54, 1.807) is 0 Å². The summed E-state index contributed by atoms with van der Waals surface area (Å²) in [4.78, 5) is 0. The normalized spacial score (nSPS) is 14.6. The van der Waals surface area contributed by atoms with Crippen molar-refractivity contribution in [1.29, 1.82) is 0 Å². The molecule has 0 aliphatic carbocycles. The summed E-state index contributed by atoms with van der Waals surface area (Å²) in [5, 5.41) is 0. The van der Waals surface area contributed by atoms with Gasteiger partial charge in [-0.1, -0.05) is 12.1 Å². The minimum atomic E-state index is -1.66. The Morgan fingerprint density at radius 3 is 1.97 bits per heavy atom. The maximum atomic E-state index is 14.6. The minimum Gasteiger partial charge on any atom is -0.483 e. The first-order valence-electron chi connectivity index (χ1n) is 9.62. The Bertz CT molecular complexity index is 1100. The number of halogens is 6. The lowest BCUT2D eigenvalue weighted by atomic mass is 10.0. The molecule has 0 spiro atoms. The second kappa shape index (κ2) is 9.22. The van der Waals surface area contributed by atoms with Crippen LogP contribution in [0.2, 0.25) is 0 Å². The van der Waals surface area contributed by atoms with E-state index in [9.17, 15) is 26.3 Å². The molecule has 0 amide bonds. The van der Waals surface area contributed by atoms with Crippen LogP contribution >= 0.6 is 0 Å². The average Bonchev–Trinajstić information content (AvgIpc) is 2.77. The summed E-state index contributed by atoms with van der Waals surface area (Å²) < 4.78 is 99.0. The van der Waals surface area contributed by atoms with Crippen LogP contribution < -0.4 is 4.74 Å². The van der Waals surface area contributed by atoms with Crippen molar-refractivity contribution in [2.45, 2.75) is 19.3 Å². The lowest BCUT2D eigenvalue weighted by Gasteiger charge is -2.23. The van der Waals surface area contributed by atoms with Gasteiger partial charge in [0.05, 0.1) is 13.2 Å². The molecule has 0 bridgehead atoms. The predicted molar refractivity (Wildman–Crippen MR) is 102 cm³/mol. The molecular weight excluding hydrogens is 438 g/mol. The zero-order valence-electron chi connectivity index (χ0n) is 16.4. The van der Waals surface area contributed by atoms with E-state index in [-0.39, 0.29) is 16.7 Å². The SMILES string of the molecule is Fc1cc(C2OCCCO2)ccc1-c1cc(F)c(OCc2cc(F)c(F)c(F)c2)c(F)c1. The smallest absolute Gasteiger partial charge is 0.194 e. The second-order valence-electron chi connectivity index (χ2n) is 7.10. The maximum absolute atomic E-state index is 14.6.